The second-order valence-corrected chi connectivity index (χ2v) is 7.71. The molecular weight excluding hydrogens is 244 g/mol. The topological polar surface area (TPSA) is 15.3 Å². The highest BCUT2D eigenvalue weighted by atomic mass is 15.2. The Kier molecular flexibility index (Phi) is 6.35. The number of hydrogen-bond donors (Lipinski definition) is 1. The average molecular weight is 280 g/mol. The Balaban J connectivity index is 1.96. The molecule has 2 heteroatoms. The fourth-order valence-corrected chi connectivity index (χ4v) is 4.22. The lowest BCUT2D eigenvalue weighted by Crippen LogP contribution is -2.61. The zero-order valence-electron chi connectivity index (χ0n) is 14.2. The smallest absolute Gasteiger partial charge is 0.0246 e. The van der Waals surface area contributed by atoms with Gasteiger partial charge in [0.1, 0.15) is 0 Å². The molecule has 1 aliphatic heterocycles. The first-order valence-electron chi connectivity index (χ1n) is 9.09. The summed E-state index contributed by atoms with van der Waals surface area (Å²) < 4.78 is 0. The molecule has 2 fully saturated rings. The van der Waals surface area contributed by atoms with E-state index >= 15 is 0 Å². The number of nitrogens with zero attached hydrogens (tertiary/aromatic N) is 1. The van der Waals surface area contributed by atoms with Gasteiger partial charge in [-0.05, 0) is 30.6 Å². The van der Waals surface area contributed by atoms with Crippen molar-refractivity contribution in [3.8, 4) is 0 Å². The maximum atomic E-state index is 3.92. The van der Waals surface area contributed by atoms with Crippen molar-refractivity contribution < 1.29 is 0 Å². The van der Waals surface area contributed by atoms with E-state index in [1.54, 1.807) is 0 Å². The Morgan fingerprint density at radius 1 is 1.10 bits per heavy atom. The molecule has 1 heterocycles. The number of hydrogen-bond acceptors (Lipinski definition) is 2. The average Bonchev–Trinajstić information content (AvgIpc) is 2.46. The SMILES string of the molecule is CCC(C)C1CNC(C2CCCCC2)CN1CC(C)C. The van der Waals surface area contributed by atoms with Gasteiger partial charge in [-0.3, -0.25) is 4.90 Å². The first kappa shape index (κ1) is 16.3. The summed E-state index contributed by atoms with van der Waals surface area (Å²) in [4.78, 5) is 2.81. The van der Waals surface area contributed by atoms with Crippen LogP contribution in [0.5, 0.6) is 0 Å². The van der Waals surface area contributed by atoms with Crippen LogP contribution in [0.1, 0.15) is 66.2 Å². The molecule has 1 aliphatic carbocycles. The summed E-state index contributed by atoms with van der Waals surface area (Å²) in [7, 11) is 0. The summed E-state index contributed by atoms with van der Waals surface area (Å²) in [5.41, 5.74) is 0. The normalized spacial score (nSPS) is 31.6. The molecule has 0 aromatic rings. The molecular formula is C18H36N2. The molecule has 3 unspecified atom stereocenters. The van der Waals surface area contributed by atoms with Gasteiger partial charge < -0.3 is 5.32 Å². The van der Waals surface area contributed by atoms with Crippen molar-refractivity contribution in [2.24, 2.45) is 17.8 Å². The standard InChI is InChI=1S/C18H36N2/c1-5-15(4)18-11-19-17(13-20(18)12-14(2)3)16-9-7-6-8-10-16/h14-19H,5-13H2,1-4H3. The minimum Gasteiger partial charge on any atom is -0.311 e. The molecule has 2 nitrogen and oxygen atoms in total. The molecule has 118 valence electrons. The summed E-state index contributed by atoms with van der Waals surface area (Å²) in [6.45, 7) is 13.3. The summed E-state index contributed by atoms with van der Waals surface area (Å²) in [5, 5.41) is 3.92. The maximum absolute atomic E-state index is 3.92. The van der Waals surface area contributed by atoms with E-state index in [1.807, 2.05) is 0 Å². The van der Waals surface area contributed by atoms with Crippen LogP contribution >= 0.6 is 0 Å². The van der Waals surface area contributed by atoms with E-state index in [1.165, 1.54) is 58.2 Å². The van der Waals surface area contributed by atoms with Crippen molar-refractivity contribution in [1.82, 2.24) is 10.2 Å². The first-order valence-corrected chi connectivity index (χ1v) is 9.09. The molecule has 2 aliphatic rings. The number of rotatable bonds is 5. The monoisotopic (exact) mass is 280 g/mol. The van der Waals surface area contributed by atoms with Crippen LogP contribution in [0.25, 0.3) is 0 Å². The highest BCUT2D eigenvalue weighted by Gasteiger charge is 2.34. The molecule has 0 aromatic carbocycles. The van der Waals surface area contributed by atoms with Gasteiger partial charge in [-0.15, -0.1) is 0 Å². The minimum atomic E-state index is 0.752. The quantitative estimate of drug-likeness (QED) is 0.821. The van der Waals surface area contributed by atoms with E-state index in [0.717, 1.165) is 29.8 Å². The Morgan fingerprint density at radius 3 is 2.40 bits per heavy atom. The molecule has 0 spiro atoms. The van der Waals surface area contributed by atoms with Gasteiger partial charge in [0.25, 0.3) is 0 Å². The van der Waals surface area contributed by atoms with Gasteiger partial charge in [-0.1, -0.05) is 53.4 Å². The molecule has 3 atom stereocenters. The zero-order chi connectivity index (χ0) is 14.5. The van der Waals surface area contributed by atoms with Crippen molar-refractivity contribution in [3.05, 3.63) is 0 Å². The molecule has 0 amide bonds. The van der Waals surface area contributed by atoms with Crippen LogP contribution < -0.4 is 5.32 Å². The van der Waals surface area contributed by atoms with E-state index in [2.05, 4.69) is 37.9 Å². The van der Waals surface area contributed by atoms with Crippen LogP contribution in [-0.2, 0) is 0 Å². The van der Waals surface area contributed by atoms with Crippen LogP contribution in [0.3, 0.4) is 0 Å². The van der Waals surface area contributed by atoms with Gasteiger partial charge in [-0.25, -0.2) is 0 Å². The third-order valence-electron chi connectivity index (χ3n) is 5.61. The number of piperazine rings is 1. The molecule has 1 saturated carbocycles. The third kappa shape index (κ3) is 4.21. The number of nitrogens with one attached hydrogen (secondary N) is 1. The van der Waals surface area contributed by atoms with Crippen LogP contribution in [0.2, 0.25) is 0 Å². The van der Waals surface area contributed by atoms with Crippen molar-refractivity contribution in [2.45, 2.75) is 78.3 Å². The molecule has 1 saturated heterocycles. The Bertz CT molecular complexity index is 271. The van der Waals surface area contributed by atoms with Gasteiger partial charge in [0.05, 0.1) is 0 Å². The molecule has 1 N–H and O–H groups in total. The van der Waals surface area contributed by atoms with Crippen molar-refractivity contribution >= 4 is 0 Å². The van der Waals surface area contributed by atoms with Crippen molar-refractivity contribution in [2.75, 3.05) is 19.6 Å². The fourth-order valence-electron chi connectivity index (χ4n) is 4.22. The molecule has 2 rings (SSSR count). The fraction of sp³-hybridized carbons (Fsp3) is 1.00. The van der Waals surface area contributed by atoms with E-state index < -0.39 is 0 Å². The van der Waals surface area contributed by atoms with Gasteiger partial charge in [-0.2, -0.15) is 0 Å². The van der Waals surface area contributed by atoms with Crippen LogP contribution in [0.4, 0.5) is 0 Å². The lowest BCUT2D eigenvalue weighted by molar-refractivity contribution is 0.0577. The minimum absolute atomic E-state index is 0.752. The lowest BCUT2D eigenvalue weighted by atomic mass is 9.81. The first-order chi connectivity index (χ1) is 9.61. The summed E-state index contributed by atoms with van der Waals surface area (Å²) in [5.74, 6) is 2.54. The lowest BCUT2D eigenvalue weighted by Gasteiger charge is -2.46. The Morgan fingerprint density at radius 2 is 1.80 bits per heavy atom. The molecule has 0 radical (unpaired) electrons. The highest BCUT2D eigenvalue weighted by molar-refractivity contribution is 4.92. The predicted molar refractivity (Wildman–Crippen MR) is 88.0 cm³/mol. The predicted octanol–water partition coefficient (Wildman–Crippen LogP) is 3.91. The summed E-state index contributed by atoms with van der Waals surface area (Å²) in [6.07, 6.45) is 8.61. The van der Waals surface area contributed by atoms with Crippen molar-refractivity contribution in [1.29, 1.82) is 0 Å². The highest BCUT2D eigenvalue weighted by Crippen LogP contribution is 2.30. The summed E-state index contributed by atoms with van der Waals surface area (Å²) >= 11 is 0. The molecule has 0 aromatic heterocycles. The van der Waals surface area contributed by atoms with Crippen LogP contribution in [-0.4, -0.2) is 36.6 Å². The maximum Gasteiger partial charge on any atom is 0.0246 e. The van der Waals surface area contributed by atoms with Gasteiger partial charge in [0.2, 0.25) is 0 Å². The van der Waals surface area contributed by atoms with Crippen molar-refractivity contribution in [3.63, 3.8) is 0 Å². The largest absolute Gasteiger partial charge is 0.311 e. The zero-order valence-corrected chi connectivity index (χ0v) is 14.2. The third-order valence-corrected chi connectivity index (χ3v) is 5.61. The van der Waals surface area contributed by atoms with E-state index in [9.17, 15) is 0 Å². The second-order valence-electron chi connectivity index (χ2n) is 7.71. The van der Waals surface area contributed by atoms with E-state index in [4.69, 9.17) is 0 Å². The second kappa shape index (κ2) is 7.79. The van der Waals surface area contributed by atoms with Gasteiger partial charge in [0, 0.05) is 31.7 Å². The summed E-state index contributed by atoms with van der Waals surface area (Å²) in [6, 6.07) is 1.51. The molecule has 20 heavy (non-hydrogen) atoms. The van der Waals surface area contributed by atoms with Crippen LogP contribution in [0.15, 0.2) is 0 Å². The Labute approximate surface area is 126 Å². The Hall–Kier alpha value is -0.0800. The van der Waals surface area contributed by atoms with Gasteiger partial charge in [0.15, 0.2) is 0 Å². The van der Waals surface area contributed by atoms with Gasteiger partial charge >= 0.3 is 0 Å². The van der Waals surface area contributed by atoms with E-state index in [0.29, 0.717) is 0 Å². The van der Waals surface area contributed by atoms with E-state index in [-0.39, 0.29) is 0 Å². The van der Waals surface area contributed by atoms with Crippen LogP contribution in [0, 0.1) is 17.8 Å². The molecule has 0 bridgehead atoms.